The van der Waals surface area contributed by atoms with Gasteiger partial charge < -0.3 is 10.0 Å². The summed E-state index contributed by atoms with van der Waals surface area (Å²) in [5.74, 6) is -0.525. The molecule has 0 aromatic heterocycles. The molecule has 1 spiro atoms. The SMILES string of the molecule is CC(=O)N1C(C(=O)O)CSC12CCN(Cc1ccccc1)CC2.Cl. The van der Waals surface area contributed by atoms with Crippen molar-refractivity contribution in [2.24, 2.45) is 0 Å². The van der Waals surface area contributed by atoms with E-state index >= 15 is 0 Å². The van der Waals surface area contributed by atoms with Crippen LogP contribution in [0.3, 0.4) is 0 Å². The minimum absolute atomic E-state index is 0. The lowest BCUT2D eigenvalue weighted by Gasteiger charge is -2.44. The molecule has 1 amide bonds. The van der Waals surface area contributed by atoms with Crippen LogP contribution in [0.25, 0.3) is 0 Å². The zero-order valence-electron chi connectivity index (χ0n) is 13.7. The van der Waals surface area contributed by atoms with Crippen LogP contribution in [0.1, 0.15) is 25.3 Å². The molecule has 2 saturated heterocycles. The normalized spacial score (nSPS) is 23.0. The molecular formula is C17H23ClN2O3S. The van der Waals surface area contributed by atoms with Gasteiger partial charge in [0, 0.05) is 32.3 Å². The van der Waals surface area contributed by atoms with E-state index in [1.165, 1.54) is 12.5 Å². The van der Waals surface area contributed by atoms with Gasteiger partial charge in [-0.1, -0.05) is 30.3 Å². The van der Waals surface area contributed by atoms with Gasteiger partial charge in [0.25, 0.3) is 0 Å². The maximum Gasteiger partial charge on any atom is 0.327 e. The number of amides is 1. The molecule has 1 aromatic carbocycles. The average molecular weight is 371 g/mol. The summed E-state index contributed by atoms with van der Waals surface area (Å²) < 4.78 is 0. The van der Waals surface area contributed by atoms with Crippen molar-refractivity contribution in [1.29, 1.82) is 0 Å². The third-order valence-electron chi connectivity index (χ3n) is 4.77. The number of nitrogens with zero attached hydrogens (tertiary/aromatic N) is 2. The summed E-state index contributed by atoms with van der Waals surface area (Å²) >= 11 is 1.64. The van der Waals surface area contributed by atoms with Crippen LogP contribution in [0.15, 0.2) is 30.3 Å². The Morgan fingerprint density at radius 3 is 2.42 bits per heavy atom. The molecule has 2 aliphatic rings. The number of carboxylic acid groups (broad SMARTS) is 1. The Morgan fingerprint density at radius 2 is 1.88 bits per heavy atom. The average Bonchev–Trinajstić information content (AvgIpc) is 2.90. The smallest absolute Gasteiger partial charge is 0.327 e. The van der Waals surface area contributed by atoms with E-state index < -0.39 is 12.0 Å². The molecule has 0 radical (unpaired) electrons. The lowest BCUT2D eigenvalue weighted by molar-refractivity contribution is -0.151. The van der Waals surface area contributed by atoms with E-state index in [4.69, 9.17) is 0 Å². The first-order chi connectivity index (χ1) is 11.0. The number of hydrogen-bond donors (Lipinski definition) is 1. The first kappa shape index (κ1) is 19.1. The second kappa shape index (κ2) is 7.76. The fourth-order valence-corrected chi connectivity index (χ4v) is 5.26. The number of hydrogen-bond acceptors (Lipinski definition) is 4. The summed E-state index contributed by atoms with van der Waals surface area (Å²) in [6.07, 6.45) is 1.65. The number of carboxylic acids is 1. The molecule has 0 bridgehead atoms. The van der Waals surface area contributed by atoms with Crippen molar-refractivity contribution in [1.82, 2.24) is 9.80 Å². The lowest BCUT2D eigenvalue weighted by Crippen LogP contribution is -2.56. The van der Waals surface area contributed by atoms with Crippen molar-refractivity contribution in [3.63, 3.8) is 0 Å². The molecule has 1 N–H and O–H groups in total. The van der Waals surface area contributed by atoms with Gasteiger partial charge in [0.1, 0.15) is 6.04 Å². The molecule has 2 heterocycles. The molecule has 3 rings (SSSR count). The monoisotopic (exact) mass is 370 g/mol. The van der Waals surface area contributed by atoms with Crippen molar-refractivity contribution in [3.8, 4) is 0 Å². The van der Waals surface area contributed by atoms with E-state index in [1.54, 1.807) is 16.7 Å². The van der Waals surface area contributed by atoms with Gasteiger partial charge in [0.15, 0.2) is 0 Å². The summed E-state index contributed by atoms with van der Waals surface area (Å²) in [6.45, 7) is 4.17. The molecule has 2 aliphatic heterocycles. The highest BCUT2D eigenvalue weighted by molar-refractivity contribution is 8.01. The predicted molar refractivity (Wildman–Crippen MR) is 97.3 cm³/mol. The third-order valence-corrected chi connectivity index (χ3v) is 6.40. The van der Waals surface area contributed by atoms with Gasteiger partial charge in [0.05, 0.1) is 4.87 Å². The Balaban J connectivity index is 0.00000208. The first-order valence-corrected chi connectivity index (χ1v) is 8.93. The Morgan fingerprint density at radius 1 is 1.25 bits per heavy atom. The standard InChI is InChI=1S/C17H22N2O3S.ClH/c1-13(20)19-15(16(21)22)12-23-17(19)7-9-18(10-8-17)11-14-5-3-2-4-6-14;/h2-6,15H,7-12H2,1H3,(H,21,22);1H. The first-order valence-electron chi connectivity index (χ1n) is 7.95. The highest BCUT2D eigenvalue weighted by Gasteiger charge is 2.52. The Labute approximate surface area is 152 Å². The van der Waals surface area contributed by atoms with Crippen molar-refractivity contribution >= 4 is 36.0 Å². The van der Waals surface area contributed by atoms with E-state index in [9.17, 15) is 14.7 Å². The summed E-state index contributed by atoms with van der Waals surface area (Å²) in [7, 11) is 0. The second-order valence-electron chi connectivity index (χ2n) is 6.26. The van der Waals surface area contributed by atoms with Gasteiger partial charge in [0.2, 0.25) is 5.91 Å². The van der Waals surface area contributed by atoms with E-state index in [0.717, 1.165) is 32.5 Å². The van der Waals surface area contributed by atoms with Crippen LogP contribution >= 0.6 is 24.2 Å². The number of benzene rings is 1. The Kier molecular flexibility index (Phi) is 6.17. The molecule has 0 aliphatic carbocycles. The lowest BCUT2D eigenvalue weighted by atomic mass is 10.00. The van der Waals surface area contributed by atoms with Crippen LogP contribution in [0, 0.1) is 0 Å². The number of piperidine rings is 1. The van der Waals surface area contributed by atoms with Crippen LogP contribution in [0.2, 0.25) is 0 Å². The molecule has 1 aromatic rings. The van der Waals surface area contributed by atoms with Gasteiger partial charge in [-0.3, -0.25) is 9.69 Å². The second-order valence-corrected chi connectivity index (χ2v) is 7.64. The highest BCUT2D eigenvalue weighted by atomic mass is 35.5. The maximum absolute atomic E-state index is 12.0. The Hall–Kier alpha value is -1.24. The molecule has 7 heteroatoms. The number of rotatable bonds is 3. The molecule has 132 valence electrons. The van der Waals surface area contributed by atoms with Crippen LogP contribution in [0.4, 0.5) is 0 Å². The topological polar surface area (TPSA) is 60.9 Å². The molecule has 1 atom stereocenters. The van der Waals surface area contributed by atoms with E-state index in [2.05, 4.69) is 17.0 Å². The molecule has 1 unspecified atom stereocenters. The van der Waals surface area contributed by atoms with Crippen molar-refractivity contribution < 1.29 is 14.7 Å². The van der Waals surface area contributed by atoms with Gasteiger partial charge >= 0.3 is 5.97 Å². The van der Waals surface area contributed by atoms with Crippen LogP contribution in [-0.2, 0) is 16.1 Å². The van der Waals surface area contributed by atoms with Crippen molar-refractivity contribution in [3.05, 3.63) is 35.9 Å². The fourth-order valence-electron chi connectivity index (χ4n) is 3.64. The van der Waals surface area contributed by atoms with Gasteiger partial charge in [-0.2, -0.15) is 0 Å². The van der Waals surface area contributed by atoms with Crippen LogP contribution in [0.5, 0.6) is 0 Å². The number of thioether (sulfide) groups is 1. The molecule has 5 nitrogen and oxygen atoms in total. The zero-order valence-corrected chi connectivity index (χ0v) is 15.3. The number of carbonyl (C=O) groups excluding carboxylic acids is 1. The van der Waals surface area contributed by atoms with Crippen molar-refractivity contribution in [2.75, 3.05) is 18.8 Å². The molecular weight excluding hydrogens is 348 g/mol. The number of halogens is 1. The molecule has 24 heavy (non-hydrogen) atoms. The largest absolute Gasteiger partial charge is 0.480 e. The highest BCUT2D eigenvalue weighted by Crippen LogP contribution is 2.46. The van der Waals surface area contributed by atoms with E-state index in [0.29, 0.717) is 5.75 Å². The fraction of sp³-hybridized carbons (Fsp3) is 0.529. The predicted octanol–water partition coefficient (Wildman–Crippen LogP) is 2.45. The van der Waals surface area contributed by atoms with Crippen LogP contribution in [-0.4, -0.2) is 56.5 Å². The molecule has 2 fully saturated rings. The van der Waals surface area contributed by atoms with Gasteiger partial charge in [-0.05, 0) is 18.4 Å². The minimum Gasteiger partial charge on any atom is -0.480 e. The number of carbonyl (C=O) groups is 2. The van der Waals surface area contributed by atoms with Gasteiger partial charge in [-0.25, -0.2) is 4.79 Å². The van der Waals surface area contributed by atoms with Gasteiger partial charge in [-0.15, -0.1) is 24.2 Å². The summed E-state index contributed by atoms with van der Waals surface area (Å²) in [6, 6.07) is 9.66. The van der Waals surface area contributed by atoms with Crippen LogP contribution < -0.4 is 0 Å². The number of likely N-dealkylation sites (tertiary alicyclic amines) is 1. The zero-order chi connectivity index (χ0) is 16.4. The maximum atomic E-state index is 12.0. The summed E-state index contributed by atoms with van der Waals surface area (Å²) in [5, 5.41) is 9.38. The third kappa shape index (κ3) is 3.71. The summed E-state index contributed by atoms with van der Waals surface area (Å²) in [4.78, 5) is 27.1. The van der Waals surface area contributed by atoms with E-state index in [1.807, 2.05) is 18.2 Å². The van der Waals surface area contributed by atoms with E-state index in [-0.39, 0.29) is 23.2 Å². The number of aliphatic carboxylic acids is 1. The minimum atomic E-state index is -0.892. The summed E-state index contributed by atoms with van der Waals surface area (Å²) in [5.41, 5.74) is 1.29. The quantitative estimate of drug-likeness (QED) is 0.885. The molecule has 0 saturated carbocycles. The van der Waals surface area contributed by atoms with Crippen molar-refractivity contribution in [2.45, 2.75) is 37.2 Å². The Bertz CT molecular complexity index is 591.